The normalized spacial score (nSPS) is 16.3. The predicted molar refractivity (Wildman–Crippen MR) is 112 cm³/mol. The zero-order valence-electron chi connectivity index (χ0n) is 18.1. The Bertz CT molecular complexity index is 349. The van der Waals surface area contributed by atoms with Crippen LogP contribution in [-0.2, 0) is 4.79 Å². The van der Waals surface area contributed by atoms with E-state index in [1.54, 1.807) is 12.2 Å². The van der Waals surface area contributed by atoms with Crippen LogP contribution in [0.1, 0.15) is 94.9 Å². The van der Waals surface area contributed by atoms with Gasteiger partial charge in [-0.2, -0.15) is 0 Å². The lowest BCUT2D eigenvalue weighted by molar-refractivity contribution is -0.113. The van der Waals surface area contributed by atoms with Crippen LogP contribution in [0.25, 0.3) is 0 Å². The zero-order chi connectivity index (χ0) is 20.1. The second-order valence-corrected chi connectivity index (χ2v) is 4.36. The first-order chi connectivity index (χ1) is 11.6. The number of Topliss-reactive ketones (excluding diaryl/α,β-unsaturated/α-hetero) is 1. The SMILES string of the molecule is C=C/C(=C\C1=C(C)CCCCC1O)C(C)=O.CC.CC.CC.CC. The van der Waals surface area contributed by atoms with Crippen molar-refractivity contribution in [3.05, 3.63) is 35.5 Å². The summed E-state index contributed by atoms with van der Waals surface area (Å²) in [4.78, 5) is 11.3. The Balaban J connectivity index is -0.000000218. The molecule has 1 atom stereocenters. The summed E-state index contributed by atoms with van der Waals surface area (Å²) in [6.07, 6.45) is 6.86. The Morgan fingerprint density at radius 1 is 1.04 bits per heavy atom. The molecule has 0 aromatic heterocycles. The highest BCUT2D eigenvalue weighted by atomic mass is 16.3. The minimum Gasteiger partial charge on any atom is -0.388 e. The van der Waals surface area contributed by atoms with Crippen LogP contribution in [0.2, 0.25) is 0 Å². The van der Waals surface area contributed by atoms with E-state index in [1.165, 1.54) is 12.5 Å². The predicted octanol–water partition coefficient (Wildman–Crippen LogP) is 7.04. The highest BCUT2D eigenvalue weighted by molar-refractivity contribution is 5.96. The van der Waals surface area contributed by atoms with Gasteiger partial charge in [-0.3, -0.25) is 4.79 Å². The van der Waals surface area contributed by atoms with Crippen LogP contribution in [-0.4, -0.2) is 17.0 Å². The smallest absolute Gasteiger partial charge is 0.159 e. The molecule has 0 radical (unpaired) electrons. The van der Waals surface area contributed by atoms with E-state index in [9.17, 15) is 9.90 Å². The van der Waals surface area contributed by atoms with Gasteiger partial charge < -0.3 is 5.11 Å². The van der Waals surface area contributed by atoms with Gasteiger partial charge in [0, 0.05) is 5.57 Å². The molecule has 1 N–H and O–H groups in total. The topological polar surface area (TPSA) is 37.3 Å². The Labute approximate surface area is 152 Å². The molecule has 144 valence electrons. The number of rotatable bonds is 3. The van der Waals surface area contributed by atoms with E-state index < -0.39 is 6.10 Å². The number of aliphatic hydroxyl groups excluding tert-OH is 1. The van der Waals surface area contributed by atoms with Crippen LogP contribution < -0.4 is 0 Å². The van der Waals surface area contributed by atoms with Gasteiger partial charge in [-0.05, 0) is 44.8 Å². The fourth-order valence-corrected chi connectivity index (χ4v) is 2.00. The van der Waals surface area contributed by atoms with Gasteiger partial charge in [0.1, 0.15) is 0 Å². The second-order valence-electron chi connectivity index (χ2n) is 4.36. The standard InChI is InChI=1S/C14H20O2.4C2H6/c1-4-12(11(3)15)9-13-10(2)7-5-6-8-14(13)16;4*1-2/h4,9,14,16H,1,5-8H2,2-3H3;4*1-2H3/b12-9+;;;;. The summed E-state index contributed by atoms with van der Waals surface area (Å²) in [7, 11) is 0. The molecular formula is C22H44O2. The average molecular weight is 341 g/mol. The Morgan fingerprint density at radius 3 is 1.88 bits per heavy atom. The van der Waals surface area contributed by atoms with Crippen LogP contribution in [0.3, 0.4) is 0 Å². The van der Waals surface area contributed by atoms with Gasteiger partial charge in [0.05, 0.1) is 6.10 Å². The van der Waals surface area contributed by atoms with Crippen molar-refractivity contribution in [1.29, 1.82) is 0 Å². The number of allylic oxidation sites excluding steroid dienone is 3. The van der Waals surface area contributed by atoms with E-state index in [-0.39, 0.29) is 5.78 Å². The molecule has 1 unspecified atom stereocenters. The molecule has 0 heterocycles. The average Bonchev–Trinajstić information content (AvgIpc) is 2.80. The van der Waals surface area contributed by atoms with E-state index in [0.29, 0.717) is 5.57 Å². The first-order valence-electron chi connectivity index (χ1n) is 9.79. The van der Waals surface area contributed by atoms with Crippen molar-refractivity contribution in [3.8, 4) is 0 Å². The second kappa shape index (κ2) is 24.1. The number of ketones is 1. The molecule has 0 fully saturated rings. The maximum absolute atomic E-state index is 11.3. The summed E-state index contributed by atoms with van der Waals surface area (Å²) in [6.45, 7) is 23.2. The van der Waals surface area contributed by atoms with Crippen LogP contribution in [0, 0.1) is 0 Å². The van der Waals surface area contributed by atoms with E-state index in [4.69, 9.17) is 0 Å². The van der Waals surface area contributed by atoms with Gasteiger partial charge in [-0.15, -0.1) is 0 Å². The van der Waals surface area contributed by atoms with Crippen molar-refractivity contribution < 1.29 is 9.90 Å². The Kier molecular flexibility index (Phi) is 30.8. The third kappa shape index (κ3) is 14.4. The Hall–Kier alpha value is -1.15. The molecule has 1 aliphatic carbocycles. The molecule has 0 bridgehead atoms. The molecule has 2 heteroatoms. The molecule has 0 amide bonds. The molecule has 1 rings (SSSR count). The van der Waals surface area contributed by atoms with E-state index in [0.717, 1.165) is 31.3 Å². The highest BCUT2D eigenvalue weighted by Crippen LogP contribution is 2.25. The minimum atomic E-state index is -0.434. The first kappa shape index (κ1) is 30.7. The summed E-state index contributed by atoms with van der Waals surface area (Å²) in [5, 5.41) is 10.00. The summed E-state index contributed by atoms with van der Waals surface area (Å²) < 4.78 is 0. The molecule has 0 saturated heterocycles. The van der Waals surface area contributed by atoms with Crippen LogP contribution in [0.5, 0.6) is 0 Å². The van der Waals surface area contributed by atoms with Gasteiger partial charge in [-0.1, -0.05) is 80.0 Å². The number of hydrogen-bond acceptors (Lipinski definition) is 2. The molecule has 0 aromatic rings. The fourth-order valence-electron chi connectivity index (χ4n) is 2.00. The maximum Gasteiger partial charge on any atom is 0.159 e. The molecule has 0 spiro atoms. The molecule has 0 aliphatic heterocycles. The number of hydrogen-bond donors (Lipinski definition) is 1. The summed E-state index contributed by atoms with van der Waals surface area (Å²) in [6, 6.07) is 0. The monoisotopic (exact) mass is 340 g/mol. The van der Waals surface area contributed by atoms with Crippen molar-refractivity contribution >= 4 is 5.78 Å². The van der Waals surface area contributed by atoms with Crippen LogP contribution >= 0.6 is 0 Å². The van der Waals surface area contributed by atoms with Gasteiger partial charge in [0.15, 0.2) is 5.78 Å². The first-order valence-corrected chi connectivity index (χ1v) is 9.79. The van der Waals surface area contributed by atoms with E-state index >= 15 is 0 Å². The summed E-state index contributed by atoms with van der Waals surface area (Å²) in [5.74, 6) is -0.00764. The van der Waals surface area contributed by atoms with E-state index in [2.05, 4.69) is 6.58 Å². The quantitative estimate of drug-likeness (QED) is 0.441. The highest BCUT2D eigenvalue weighted by Gasteiger charge is 2.16. The van der Waals surface area contributed by atoms with Crippen LogP contribution in [0.4, 0.5) is 0 Å². The molecule has 0 aromatic carbocycles. The van der Waals surface area contributed by atoms with Crippen LogP contribution in [0.15, 0.2) is 35.5 Å². The fraction of sp³-hybridized carbons (Fsp3) is 0.682. The van der Waals surface area contributed by atoms with Gasteiger partial charge >= 0.3 is 0 Å². The molecular weight excluding hydrogens is 296 g/mol. The largest absolute Gasteiger partial charge is 0.388 e. The molecule has 0 saturated carbocycles. The minimum absolute atomic E-state index is 0.00764. The van der Waals surface area contributed by atoms with E-state index in [1.807, 2.05) is 62.3 Å². The molecule has 24 heavy (non-hydrogen) atoms. The van der Waals surface area contributed by atoms with Gasteiger partial charge in [-0.25, -0.2) is 0 Å². The number of carbonyl (C=O) groups is 1. The van der Waals surface area contributed by atoms with Gasteiger partial charge in [0.25, 0.3) is 0 Å². The van der Waals surface area contributed by atoms with Crippen molar-refractivity contribution in [2.45, 2.75) is 101 Å². The lowest BCUT2D eigenvalue weighted by Crippen LogP contribution is -2.10. The number of aliphatic hydroxyl groups is 1. The molecule has 1 aliphatic rings. The third-order valence-electron chi connectivity index (χ3n) is 3.07. The van der Waals surface area contributed by atoms with Crippen molar-refractivity contribution in [2.75, 3.05) is 0 Å². The van der Waals surface area contributed by atoms with Crippen molar-refractivity contribution in [1.82, 2.24) is 0 Å². The van der Waals surface area contributed by atoms with Crippen molar-refractivity contribution in [3.63, 3.8) is 0 Å². The maximum atomic E-state index is 11.3. The summed E-state index contributed by atoms with van der Waals surface area (Å²) in [5.41, 5.74) is 2.67. The number of carbonyl (C=O) groups excluding carboxylic acids is 1. The van der Waals surface area contributed by atoms with Gasteiger partial charge in [0.2, 0.25) is 0 Å². The lowest BCUT2D eigenvalue weighted by atomic mass is 9.98. The lowest BCUT2D eigenvalue weighted by Gasteiger charge is -2.12. The Morgan fingerprint density at radius 2 is 1.50 bits per heavy atom. The summed E-state index contributed by atoms with van der Waals surface area (Å²) >= 11 is 0. The third-order valence-corrected chi connectivity index (χ3v) is 3.07. The van der Waals surface area contributed by atoms with Crippen molar-refractivity contribution in [2.24, 2.45) is 0 Å². The zero-order valence-corrected chi connectivity index (χ0v) is 18.1. The molecule has 2 nitrogen and oxygen atoms in total.